The summed E-state index contributed by atoms with van der Waals surface area (Å²) in [5, 5.41) is 3.61. The van der Waals surface area contributed by atoms with Crippen molar-refractivity contribution < 1.29 is 27.5 Å². The van der Waals surface area contributed by atoms with Crippen LogP contribution in [0.15, 0.2) is 79.0 Å². The molecule has 4 aromatic rings. The number of carbonyl (C=O) groups is 2. The largest absolute Gasteiger partial charge is 0.422 e. The number of hydrogen-bond acceptors (Lipinski definition) is 4. The van der Waals surface area contributed by atoms with Crippen molar-refractivity contribution in [3.8, 4) is 5.75 Å². The van der Waals surface area contributed by atoms with Crippen LogP contribution < -0.4 is 10.1 Å². The molecule has 8 heteroatoms. The predicted molar refractivity (Wildman–Crippen MR) is 117 cm³/mol. The van der Waals surface area contributed by atoms with Gasteiger partial charge < -0.3 is 10.1 Å². The highest BCUT2D eigenvalue weighted by Gasteiger charge is 2.31. The maximum Gasteiger partial charge on any atom is 0.416 e. The van der Waals surface area contributed by atoms with Crippen LogP contribution in [0.2, 0.25) is 0 Å². The zero-order valence-corrected chi connectivity index (χ0v) is 17.3. The number of para-hydroxylation sites is 1. The molecule has 0 radical (unpaired) electrons. The summed E-state index contributed by atoms with van der Waals surface area (Å²) in [7, 11) is 0. The Hall–Kier alpha value is -4.20. The van der Waals surface area contributed by atoms with Gasteiger partial charge in [0.15, 0.2) is 0 Å². The number of anilines is 1. The number of alkyl halides is 3. The number of ether oxygens (including phenoxy) is 1. The number of esters is 1. The number of nitrogens with one attached hydrogen (secondary N) is 1. The molecule has 0 unspecified atom stereocenters. The Bertz CT molecular complexity index is 1360. The first-order valence-corrected chi connectivity index (χ1v) is 9.88. The highest BCUT2D eigenvalue weighted by atomic mass is 19.4. The number of halogens is 3. The number of aryl methyl sites for hydroxylation is 1. The molecule has 1 N–H and O–H groups in total. The van der Waals surface area contributed by atoms with Crippen molar-refractivity contribution >= 4 is 28.5 Å². The molecule has 0 aliphatic carbocycles. The molecule has 5 nitrogen and oxygen atoms in total. The number of fused-ring (bicyclic) bond motifs is 1. The third kappa shape index (κ3) is 4.69. The minimum absolute atomic E-state index is 0.0666. The molecule has 1 amide bonds. The smallest absolute Gasteiger partial charge is 0.416 e. The van der Waals surface area contributed by atoms with Crippen LogP contribution in [0, 0.1) is 6.92 Å². The normalized spacial score (nSPS) is 11.3. The van der Waals surface area contributed by atoms with Gasteiger partial charge in [0.05, 0.1) is 27.9 Å². The van der Waals surface area contributed by atoms with Crippen LogP contribution in [-0.2, 0) is 6.18 Å². The average molecular weight is 450 g/mol. The summed E-state index contributed by atoms with van der Waals surface area (Å²) in [6.07, 6.45) is -2.99. The Labute approximate surface area is 186 Å². The van der Waals surface area contributed by atoms with Gasteiger partial charge in [-0.2, -0.15) is 13.2 Å². The van der Waals surface area contributed by atoms with Crippen LogP contribution in [-0.4, -0.2) is 16.9 Å². The molecule has 1 aromatic heterocycles. The van der Waals surface area contributed by atoms with Crippen molar-refractivity contribution in [2.75, 3.05) is 5.32 Å². The lowest BCUT2D eigenvalue weighted by Crippen LogP contribution is -2.18. The van der Waals surface area contributed by atoms with Crippen LogP contribution in [0.3, 0.4) is 0 Å². The monoisotopic (exact) mass is 450 g/mol. The van der Waals surface area contributed by atoms with E-state index >= 15 is 0 Å². The van der Waals surface area contributed by atoms with Gasteiger partial charge in [-0.3, -0.25) is 9.78 Å². The zero-order chi connectivity index (χ0) is 23.6. The van der Waals surface area contributed by atoms with Crippen molar-refractivity contribution in [2.24, 2.45) is 0 Å². The SMILES string of the molecule is Cc1cccc(OC(=O)c2cccc(C(F)(F)F)c2)c1C(=O)Nc1cccc2cccnc12. The molecule has 166 valence electrons. The number of aromatic nitrogens is 1. The van der Waals surface area contributed by atoms with Crippen LogP contribution in [0.25, 0.3) is 10.9 Å². The number of nitrogens with zero attached hydrogens (tertiary/aromatic N) is 1. The second kappa shape index (κ2) is 8.74. The van der Waals surface area contributed by atoms with Gasteiger partial charge in [-0.1, -0.05) is 36.4 Å². The highest BCUT2D eigenvalue weighted by Crippen LogP contribution is 2.30. The summed E-state index contributed by atoms with van der Waals surface area (Å²) >= 11 is 0. The van der Waals surface area contributed by atoms with E-state index in [9.17, 15) is 22.8 Å². The third-order valence-electron chi connectivity index (χ3n) is 4.97. The molecular weight excluding hydrogens is 433 g/mol. The summed E-state index contributed by atoms with van der Waals surface area (Å²) in [6, 6.07) is 17.5. The van der Waals surface area contributed by atoms with E-state index in [-0.39, 0.29) is 16.9 Å². The molecule has 0 spiro atoms. The fraction of sp³-hybridized carbons (Fsp3) is 0.0800. The topological polar surface area (TPSA) is 68.3 Å². The van der Waals surface area contributed by atoms with Crippen LogP contribution in [0.1, 0.15) is 31.8 Å². The van der Waals surface area contributed by atoms with E-state index in [0.29, 0.717) is 22.8 Å². The van der Waals surface area contributed by atoms with E-state index < -0.39 is 23.6 Å². The molecule has 0 bridgehead atoms. The van der Waals surface area contributed by atoms with Gasteiger partial charge in [0, 0.05) is 11.6 Å². The lowest BCUT2D eigenvalue weighted by molar-refractivity contribution is -0.137. The summed E-state index contributed by atoms with van der Waals surface area (Å²) < 4.78 is 44.3. The van der Waals surface area contributed by atoms with Gasteiger partial charge in [0.1, 0.15) is 5.75 Å². The van der Waals surface area contributed by atoms with Gasteiger partial charge in [-0.05, 0) is 48.9 Å². The lowest BCUT2D eigenvalue weighted by Gasteiger charge is -2.14. The minimum Gasteiger partial charge on any atom is -0.422 e. The maximum atomic E-state index is 13.1. The van der Waals surface area contributed by atoms with E-state index in [1.165, 1.54) is 12.1 Å². The Kier molecular flexibility index (Phi) is 5.83. The molecule has 0 aliphatic rings. The number of benzene rings is 3. The molecule has 4 rings (SSSR count). The highest BCUT2D eigenvalue weighted by molar-refractivity contribution is 6.11. The molecule has 0 saturated carbocycles. The van der Waals surface area contributed by atoms with Gasteiger partial charge in [0.25, 0.3) is 5.91 Å². The summed E-state index contributed by atoms with van der Waals surface area (Å²) in [4.78, 5) is 30.0. The quantitative estimate of drug-likeness (QED) is 0.304. The van der Waals surface area contributed by atoms with E-state index in [0.717, 1.165) is 17.5 Å². The molecule has 0 fully saturated rings. The van der Waals surface area contributed by atoms with Crippen molar-refractivity contribution in [3.05, 3.63) is 101 Å². The van der Waals surface area contributed by atoms with Crippen molar-refractivity contribution in [1.82, 2.24) is 4.98 Å². The lowest BCUT2D eigenvalue weighted by atomic mass is 10.1. The molecule has 3 aromatic carbocycles. The first kappa shape index (κ1) is 22.0. The fourth-order valence-electron chi connectivity index (χ4n) is 3.39. The molecule has 33 heavy (non-hydrogen) atoms. The van der Waals surface area contributed by atoms with Crippen molar-refractivity contribution in [1.29, 1.82) is 0 Å². The third-order valence-corrected chi connectivity index (χ3v) is 4.97. The standard InChI is InChI=1S/C25H17F3N2O3/c1-15-6-2-12-20(33-24(32)17-8-3-10-18(14-17)25(26,27)28)21(15)23(31)30-19-11-4-7-16-9-5-13-29-22(16)19/h2-14H,1H3,(H,30,31). The number of amides is 1. The van der Waals surface area contributed by atoms with E-state index in [1.807, 2.05) is 12.1 Å². The Balaban J connectivity index is 1.64. The predicted octanol–water partition coefficient (Wildman–Crippen LogP) is 6.03. The fourth-order valence-corrected chi connectivity index (χ4v) is 3.39. The Morgan fingerprint density at radius 2 is 1.67 bits per heavy atom. The van der Waals surface area contributed by atoms with Gasteiger partial charge >= 0.3 is 12.1 Å². The molecule has 1 heterocycles. The second-order valence-electron chi connectivity index (χ2n) is 7.25. The maximum absolute atomic E-state index is 13.1. The van der Waals surface area contributed by atoms with Crippen LogP contribution in [0.5, 0.6) is 5.75 Å². The summed E-state index contributed by atoms with van der Waals surface area (Å²) in [5.74, 6) is -1.62. The van der Waals surface area contributed by atoms with E-state index in [1.54, 1.807) is 43.5 Å². The van der Waals surface area contributed by atoms with Crippen molar-refractivity contribution in [2.45, 2.75) is 13.1 Å². The first-order chi connectivity index (χ1) is 15.7. The summed E-state index contributed by atoms with van der Waals surface area (Å²) in [5.41, 5.74) is 0.417. The number of rotatable bonds is 4. The van der Waals surface area contributed by atoms with Gasteiger partial charge in [-0.25, -0.2) is 4.79 Å². The number of pyridine rings is 1. The summed E-state index contributed by atoms with van der Waals surface area (Å²) in [6.45, 7) is 1.66. The van der Waals surface area contributed by atoms with Crippen LogP contribution >= 0.6 is 0 Å². The number of carbonyl (C=O) groups excluding carboxylic acids is 2. The van der Waals surface area contributed by atoms with Gasteiger partial charge in [-0.15, -0.1) is 0 Å². The Morgan fingerprint density at radius 1 is 0.939 bits per heavy atom. The number of hydrogen-bond donors (Lipinski definition) is 1. The molecular formula is C25H17F3N2O3. The minimum atomic E-state index is -4.60. The van der Waals surface area contributed by atoms with Gasteiger partial charge in [0.2, 0.25) is 0 Å². The zero-order valence-electron chi connectivity index (χ0n) is 17.3. The first-order valence-electron chi connectivity index (χ1n) is 9.88. The van der Waals surface area contributed by atoms with E-state index in [4.69, 9.17) is 4.74 Å². The molecule has 0 saturated heterocycles. The molecule has 0 atom stereocenters. The van der Waals surface area contributed by atoms with Crippen molar-refractivity contribution in [3.63, 3.8) is 0 Å². The molecule has 0 aliphatic heterocycles. The van der Waals surface area contributed by atoms with E-state index in [2.05, 4.69) is 10.3 Å². The average Bonchev–Trinajstić information content (AvgIpc) is 2.79. The second-order valence-corrected chi connectivity index (χ2v) is 7.25. The Morgan fingerprint density at radius 3 is 2.45 bits per heavy atom. The van der Waals surface area contributed by atoms with Crippen LogP contribution in [0.4, 0.5) is 18.9 Å².